The van der Waals surface area contributed by atoms with Gasteiger partial charge in [0.25, 0.3) is 11.1 Å². The highest BCUT2D eigenvalue weighted by Crippen LogP contribution is 2.32. The topological polar surface area (TPSA) is 228 Å². The van der Waals surface area contributed by atoms with Crippen molar-refractivity contribution < 1.29 is 17.6 Å². The SMILES string of the molecule is C[C@@H](Nc1nc(N)nc2nc[nH]c12)c1cc2ccc(F)cn2c(=O)c1-c1cccc(F)c1.C[C@H](Nc1nc(N)nc2nc[nH]c12)c1cc2ccc(F)cn2c(=O)c1-c1cccc(F)c1. The number of aromatic nitrogens is 10. The summed E-state index contributed by atoms with van der Waals surface area (Å²) < 4.78 is 58.1. The molecular formula is C44H34F4N14O2. The average molecular weight is 867 g/mol. The van der Waals surface area contributed by atoms with Crippen molar-refractivity contribution in [3.05, 3.63) is 165 Å². The molecule has 0 saturated heterocycles. The van der Waals surface area contributed by atoms with Gasteiger partial charge in [0.15, 0.2) is 22.9 Å². The first-order valence-corrected chi connectivity index (χ1v) is 19.5. The van der Waals surface area contributed by atoms with E-state index in [9.17, 15) is 27.2 Å². The minimum atomic E-state index is -0.554. The summed E-state index contributed by atoms with van der Waals surface area (Å²) in [5.74, 6) is -1.19. The number of nitrogens with one attached hydrogen (secondary N) is 4. The van der Waals surface area contributed by atoms with E-state index in [2.05, 4.69) is 50.5 Å². The zero-order chi connectivity index (χ0) is 44.8. The molecule has 2 atom stereocenters. The van der Waals surface area contributed by atoms with Gasteiger partial charge in [0.2, 0.25) is 11.9 Å². The first kappa shape index (κ1) is 40.7. The summed E-state index contributed by atoms with van der Waals surface area (Å²) in [5, 5.41) is 6.48. The molecule has 0 unspecified atom stereocenters. The molecule has 10 rings (SSSR count). The molecule has 0 amide bonds. The fraction of sp³-hybridized carbons (Fsp3) is 0.0909. The molecule has 64 heavy (non-hydrogen) atoms. The molecule has 0 fully saturated rings. The molecule has 0 radical (unpaired) electrons. The molecule has 0 saturated carbocycles. The average Bonchev–Trinajstić information content (AvgIpc) is 3.94. The second kappa shape index (κ2) is 16.3. The maximum absolute atomic E-state index is 14.0. The van der Waals surface area contributed by atoms with Gasteiger partial charge in [-0.2, -0.15) is 19.9 Å². The van der Waals surface area contributed by atoms with Crippen LogP contribution in [0.2, 0.25) is 0 Å². The van der Waals surface area contributed by atoms with Gasteiger partial charge in [-0.25, -0.2) is 27.5 Å². The van der Waals surface area contributed by atoms with Crippen LogP contribution in [0.25, 0.3) is 55.6 Å². The van der Waals surface area contributed by atoms with Gasteiger partial charge in [0.05, 0.1) is 35.9 Å². The quantitative estimate of drug-likeness (QED) is 0.0825. The van der Waals surface area contributed by atoms with E-state index in [0.29, 0.717) is 67.3 Å². The Hall–Kier alpha value is -8.68. The number of fused-ring (bicyclic) bond motifs is 4. The number of H-pyrrole nitrogens is 2. The fourth-order valence-electron chi connectivity index (χ4n) is 7.54. The van der Waals surface area contributed by atoms with Crippen molar-refractivity contribution in [2.75, 3.05) is 22.1 Å². The van der Waals surface area contributed by atoms with Crippen LogP contribution in [0.15, 0.2) is 120 Å². The summed E-state index contributed by atoms with van der Waals surface area (Å²) in [4.78, 5) is 57.5. The van der Waals surface area contributed by atoms with Crippen molar-refractivity contribution in [2.45, 2.75) is 25.9 Å². The van der Waals surface area contributed by atoms with Crippen LogP contribution < -0.4 is 33.2 Å². The van der Waals surface area contributed by atoms with E-state index in [1.807, 2.05) is 13.8 Å². The van der Waals surface area contributed by atoms with Crippen molar-refractivity contribution in [3.8, 4) is 22.3 Å². The van der Waals surface area contributed by atoms with E-state index in [1.54, 1.807) is 24.3 Å². The van der Waals surface area contributed by atoms with E-state index in [4.69, 9.17) is 11.5 Å². The van der Waals surface area contributed by atoms with Crippen LogP contribution in [0.3, 0.4) is 0 Å². The largest absolute Gasteiger partial charge is 0.368 e. The second-order valence-corrected chi connectivity index (χ2v) is 14.7. The molecule has 0 bridgehead atoms. The normalized spacial score (nSPS) is 12.3. The van der Waals surface area contributed by atoms with Crippen molar-refractivity contribution in [3.63, 3.8) is 0 Å². The van der Waals surface area contributed by atoms with Crippen LogP contribution in [0.5, 0.6) is 0 Å². The number of nitrogens with zero attached hydrogens (tertiary/aromatic N) is 8. The third kappa shape index (κ3) is 7.74. The van der Waals surface area contributed by atoms with Crippen LogP contribution >= 0.6 is 0 Å². The number of rotatable bonds is 8. The van der Waals surface area contributed by atoms with Gasteiger partial charge < -0.3 is 32.1 Å². The number of nitrogen functional groups attached to an aromatic ring is 2. The van der Waals surface area contributed by atoms with Crippen LogP contribution in [0.4, 0.5) is 41.1 Å². The van der Waals surface area contributed by atoms with E-state index >= 15 is 0 Å². The van der Waals surface area contributed by atoms with Crippen LogP contribution in [-0.2, 0) is 0 Å². The lowest BCUT2D eigenvalue weighted by molar-refractivity contribution is 0.617. The zero-order valence-corrected chi connectivity index (χ0v) is 33.6. The number of pyridine rings is 4. The molecule has 16 nitrogen and oxygen atoms in total. The molecule has 0 spiro atoms. The Morgan fingerprint density at radius 3 is 1.39 bits per heavy atom. The molecule has 0 aliphatic carbocycles. The Morgan fingerprint density at radius 2 is 0.984 bits per heavy atom. The van der Waals surface area contributed by atoms with Crippen LogP contribution in [0.1, 0.15) is 37.1 Å². The van der Waals surface area contributed by atoms with Crippen molar-refractivity contribution in [1.82, 2.24) is 48.7 Å². The Bertz CT molecular complexity index is 3320. The number of hydrogen-bond acceptors (Lipinski definition) is 12. The third-order valence-electron chi connectivity index (χ3n) is 10.4. The monoisotopic (exact) mass is 866 g/mol. The minimum Gasteiger partial charge on any atom is -0.368 e. The Morgan fingerprint density at radius 1 is 0.562 bits per heavy atom. The molecule has 2 aromatic carbocycles. The molecule has 10 aromatic rings. The van der Waals surface area contributed by atoms with Gasteiger partial charge in [0.1, 0.15) is 34.3 Å². The smallest absolute Gasteiger partial charge is 0.263 e. The Labute approximate surface area is 357 Å². The van der Waals surface area contributed by atoms with Gasteiger partial charge >= 0.3 is 0 Å². The summed E-state index contributed by atoms with van der Waals surface area (Å²) >= 11 is 0. The fourth-order valence-corrected chi connectivity index (χ4v) is 7.54. The summed E-state index contributed by atoms with van der Waals surface area (Å²) in [6.07, 6.45) is 5.18. The number of imidazole rings is 2. The number of hydrogen-bond donors (Lipinski definition) is 6. The third-order valence-corrected chi connectivity index (χ3v) is 10.4. The molecule has 320 valence electrons. The van der Waals surface area contributed by atoms with Gasteiger partial charge in [-0.1, -0.05) is 24.3 Å². The van der Waals surface area contributed by atoms with E-state index in [1.165, 1.54) is 82.1 Å². The number of halogens is 4. The number of benzene rings is 2. The lowest BCUT2D eigenvalue weighted by Gasteiger charge is -2.20. The molecule has 0 aliphatic rings. The Kier molecular flexibility index (Phi) is 10.4. The van der Waals surface area contributed by atoms with Gasteiger partial charge in [-0.05, 0) is 96.8 Å². The minimum absolute atomic E-state index is 0.0405. The first-order chi connectivity index (χ1) is 30.8. The molecular weight excluding hydrogens is 833 g/mol. The van der Waals surface area contributed by atoms with Crippen LogP contribution in [-0.4, -0.2) is 48.7 Å². The maximum Gasteiger partial charge on any atom is 0.263 e. The van der Waals surface area contributed by atoms with Crippen molar-refractivity contribution >= 4 is 56.9 Å². The molecule has 8 N–H and O–H groups in total. The predicted octanol–water partition coefficient (Wildman–Crippen LogP) is 7.33. The van der Waals surface area contributed by atoms with Crippen molar-refractivity contribution in [1.29, 1.82) is 0 Å². The summed E-state index contributed by atoms with van der Waals surface area (Å²) in [7, 11) is 0. The van der Waals surface area contributed by atoms with Crippen molar-refractivity contribution in [2.24, 2.45) is 0 Å². The molecule has 8 heterocycles. The predicted molar refractivity (Wildman–Crippen MR) is 234 cm³/mol. The summed E-state index contributed by atoms with van der Waals surface area (Å²) in [6, 6.07) is 19.6. The summed E-state index contributed by atoms with van der Waals surface area (Å²) in [5.41, 5.74) is 16.0. The number of anilines is 4. The lowest BCUT2D eigenvalue weighted by Crippen LogP contribution is -2.21. The van der Waals surface area contributed by atoms with Crippen LogP contribution in [0, 0.1) is 23.3 Å². The highest BCUT2D eigenvalue weighted by atomic mass is 19.1. The number of nitrogens with two attached hydrogens (primary N) is 2. The van der Waals surface area contributed by atoms with E-state index < -0.39 is 46.5 Å². The second-order valence-electron chi connectivity index (χ2n) is 14.7. The maximum atomic E-state index is 14.0. The number of aromatic amines is 2. The standard InChI is InChI=1S/2C22H17F2N7O/c2*1-11(28-20-18-19(27-10-26-18)29-22(25)30-20)16-8-15-6-5-14(24)9-31(15)21(32)17(16)12-3-2-4-13(23)7-12/h2*2-11H,1H3,(H4,25,26,27,28,29,30)/t2*11-/m10/s1. The first-order valence-electron chi connectivity index (χ1n) is 19.5. The van der Waals surface area contributed by atoms with Gasteiger partial charge in [0, 0.05) is 23.4 Å². The summed E-state index contributed by atoms with van der Waals surface area (Å²) in [6.45, 7) is 3.66. The molecule has 0 aliphatic heterocycles. The van der Waals surface area contributed by atoms with Gasteiger partial charge in [-0.3, -0.25) is 18.4 Å². The molecule has 8 aromatic heterocycles. The highest BCUT2D eigenvalue weighted by molar-refractivity contribution is 5.85. The zero-order valence-electron chi connectivity index (χ0n) is 33.6. The van der Waals surface area contributed by atoms with E-state index in [0.717, 1.165) is 12.4 Å². The lowest BCUT2D eigenvalue weighted by atomic mass is 9.96. The highest BCUT2D eigenvalue weighted by Gasteiger charge is 2.23. The van der Waals surface area contributed by atoms with E-state index in [-0.39, 0.29) is 23.0 Å². The molecule has 20 heteroatoms. The van der Waals surface area contributed by atoms with Gasteiger partial charge in [-0.15, -0.1) is 0 Å². The Balaban J connectivity index is 0.000000162.